The van der Waals surface area contributed by atoms with Gasteiger partial charge < -0.3 is 5.32 Å². The summed E-state index contributed by atoms with van der Waals surface area (Å²) in [5.41, 5.74) is 3.43. The molecule has 2 aromatic carbocycles. The number of amides is 1. The standard InChI is InChI=1S/C23H21FN4O2/c1-14-9-10-17(12-19(14)24)25-20(29)13-27-21(30)11-15(2)22-16(3)26-28(23(22)27)18-7-5-4-6-8-18/h4-12H,13H2,1-3H3,(H,25,29). The van der Waals surface area contributed by atoms with E-state index in [2.05, 4.69) is 10.4 Å². The molecule has 0 saturated carbocycles. The van der Waals surface area contributed by atoms with E-state index in [-0.39, 0.29) is 12.1 Å². The molecule has 0 unspecified atom stereocenters. The molecule has 2 heterocycles. The molecule has 1 N–H and O–H groups in total. The highest BCUT2D eigenvalue weighted by atomic mass is 19.1. The summed E-state index contributed by atoms with van der Waals surface area (Å²) in [5.74, 6) is -0.829. The summed E-state index contributed by atoms with van der Waals surface area (Å²) in [6.45, 7) is 5.16. The highest BCUT2D eigenvalue weighted by Gasteiger charge is 2.18. The Morgan fingerprint density at radius 2 is 1.77 bits per heavy atom. The van der Waals surface area contributed by atoms with Crippen molar-refractivity contribution in [1.29, 1.82) is 0 Å². The van der Waals surface area contributed by atoms with Gasteiger partial charge in [-0.05, 0) is 56.2 Å². The minimum atomic E-state index is -0.427. The largest absolute Gasteiger partial charge is 0.324 e. The number of rotatable bonds is 4. The van der Waals surface area contributed by atoms with Crippen LogP contribution in [0.15, 0.2) is 59.4 Å². The fourth-order valence-electron chi connectivity index (χ4n) is 3.58. The van der Waals surface area contributed by atoms with E-state index in [0.717, 1.165) is 22.3 Å². The van der Waals surface area contributed by atoms with E-state index >= 15 is 0 Å². The van der Waals surface area contributed by atoms with Crippen LogP contribution in [0.3, 0.4) is 0 Å². The number of carbonyl (C=O) groups excluding carboxylic acids is 1. The zero-order chi connectivity index (χ0) is 21.4. The predicted octanol–water partition coefficient (Wildman–Crippen LogP) is 3.89. The Hall–Kier alpha value is -3.74. The van der Waals surface area contributed by atoms with E-state index < -0.39 is 11.7 Å². The van der Waals surface area contributed by atoms with Crippen molar-refractivity contribution in [2.75, 3.05) is 5.32 Å². The van der Waals surface area contributed by atoms with Gasteiger partial charge >= 0.3 is 0 Å². The number of nitrogens with one attached hydrogen (secondary N) is 1. The second-order valence-corrected chi connectivity index (χ2v) is 7.30. The Bertz CT molecular complexity index is 1320. The molecule has 0 saturated heterocycles. The lowest BCUT2D eigenvalue weighted by Crippen LogP contribution is -2.29. The fourth-order valence-corrected chi connectivity index (χ4v) is 3.58. The van der Waals surface area contributed by atoms with Crippen molar-refractivity contribution in [3.8, 4) is 5.69 Å². The van der Waals surface area contributed by atoms with Crippen LogP contribution in [0.2, 0.25) is 0 Å². The third-order valence-corrected chi connectivity index (χ3v) is 5.05. The van der Waals surface area contributed by atoms with Gasteiger partial charge in [0, 0.05) is 17.1 Å². The summed E-state index contributed by atoms with van der Waals surface area (Å²) >= 11 is 0. The second kappa shape index (κ2) is 7.59. The molecular weight excluding hydrogens is 383 g/mol. The van der Waals surface area contributed by atoms with Crippen LogP contribution in [-0.4, -0.2) is 20.3 Å². The Balaban J connectivity index is 1.79. The number of aryl methyl sites for hydroxylation is 3. The quantitative estimate of drug-likeness (QED) is 0.561. The van der Waals surface area contributed by atoms with Crippen LogP contribution < -0.4 is 10.9 Å². The molecule has 1 amide bonds. The lowest BCUT2D eigenvalue weighted by molar-refractivity contribution is -0.116. The molecule has 4 aromatic rings. The summed E-state index contributed by atoms with van der Waals surface area (Å²) < 4.78 is 16.9. The van der Waals surface area contributed by atoms with E-state index in [1.165, 1.54) is 16.7 Å². The number of fused-ring (bicyclic) bond motifs is 1. The van der Waals surface area contributed by atoms with Gasteiger partial charge in [0.15, 0.2) is 0 Å². The van der Waals surface area contributed by atoms with Gasteiger partial charge in [-0.2, -0.15) is 5.10 Å². The van der Waals surface area contributed by atoms with E-state index in [9.17, 15) is 14.0 Å². The zero-order valence-corrected chi connectivity index (χ0v) is 16.9. The molecular formula is C23H21FN4O2. The van der Waals surface area contributed by atoms with Crippen molar-refractivity contribution in [2.24, 2.45) is 0 Å². The molecule has 0 bridgehead atoms. The van der Waals surface area contributed by atoms with Gasteiger partial charge in [-0.15, -0.1) is 0 Å². The first-order valence-corrected chi connectivity index (χ1v) is 9.56. The van der Waals surface area contributed by atoms with Gasteiger partial charge in [0.2, 0.25) is 5.91 Å². The summed E-state index contributed by atoms with van der Waals surface area (Å²) in [6.07, 6.45) is 0. The summed E-state index contributed by atoms with van der Waals surface area (Å²) in [5, 5.41) is 8.10. The number of nitrogens with zero attached hydrogens (tertiary/aromatic N) is 3. The first kappa shape index (κ1) is 19.6. The Morgan fingerprint density at radius 3 is 2.47 bits per heavy atom. The van der Waals surface area contributed by atoms with Crippen LogP contribution in [0.4, 0.5) is 10.1 Å². The molecule has 0 radical (unpaired) electrons. The molecule has 0 fully saturated rings. The first-order valence-electron chi connectivity index (χ1n) is 9.56. The molecule has 6 nitrogen and oxygen atoms in total. The average Bonchev–Trinajstić information content (AvgIpc) is 3.06. The average molecular weight is 404 g/mol. The number of aromatic nitrogens is 3. The van der Waals surface area contributed by atoms with Crippen LogP contribution in [0.1, 0.15) is 16.8 Å². The number of para-hydroxylation sites is 1. The monoisotopic (exact) mass is 404 g/mol. The third-order valence-electron chi connectivity index (χ3n) is 5.05. The van der Waals surface area contributed by atoms with Gasteiger partial charge in [0.1, 0.15) is 18.0 Å². The summed E-state index contributed by atoms with van der Waals surface area (Å²) in [4.78, 5) is 25.5. The minimum absolute atomic E-state index is 0.219. The van der Waals surface area contributed by atoms with Crippen molar-refractivity contribution in [1.82, 2.24) is 14.3 Å². The lowest BCUT2D eigenvalue weighted by atomic mass is 10.1. The molecule has 0 spiro atoms. The smallest absolute Gasteiger partial charge is 0.252 e. The number of anilines is 1. The SMILES string of the molecule is Cc1ccc(NC(=O)Cn2c(=O)cc(C)c3c(C)nn(-c4ccccc4)c32)cc1F. The van der Waals surface area contributed by atoms with Gasteiger partial charge in [-0.3, -0.25) is 14.2 Å². The minimum Gasteiger partial charge on any atom is -0.324 e. The number of halogens is 1. The molecule has 0 aliphatic rings. The Labute approximate surface area is 172 Å². The molecule has 152 valence electrons. The molecule has 0 aliphatic heterocycles. The third kappa shape index (κ3) is 3.50. The number of hydrogen-bond acceptors (Lipinski definition) is 3. The molecule has 7 heteroatoms. The van der Waals surface area contributed by atoms with Crippen molar-refractivity contribution < 1.29 is 9.18 Å². The summed E-state index contributed by atoms with van der Waals surface area (Å²) in [6, 6.07) is 15.4. The number of pyridine rings is 1. The van der Waals surface area contributed by atoms with E-state index in [4.69, 9.17) is 0 Å². The number of carbonyl (C=O) groups is 1. The van der Waals surface area contributed by atoms with E-state index in [0.29, 0.717) is 16.9 Å². The van der Waals surface area contributed by atoms with E-state index in [1.807, 2.05) is 44.2 Å². The van der Waals surface area contributed by atoms with Gasteiger partial charge in [0.05, 0.1) is 11.4 Å². The highest BCUT2D eigenvalue weighted by molar-refractivity contribution is 5.92. The summed E-state index contributed by atoms with van der Waals surface area (Å²) in [7, 11) is 0. The molecule has 0 atom stereocenters. The maximum absolute atomic E-state index is 13.8. The zero-order valence-electron chi connectivity index (χ0n) is 16.9. The van der Waals surface area contributed by atoms with Crippen molar-refractivity contribution in [2.45, 2.75) is 27.3 Å². The fraction of sp³-hybridized carbons (Fsp3) is 0.174. The predicted molar refractivity (Wildman–Crippen MR) is 115 cm³/mol. The van der Waals surface area contributed by atoms with Crippen LogP contribution in [0.25, 0.3) is 16.7 Å². The van der Waals surface area contributed by atoms with Crippen molar-refractivity contribution >= 4 is 22.6 Å². The van der Waals surface area contributed by atoms with Crippen molar-refractivity contribution in [3.63, 3.8) is 0 Å². The first-order chi connectivity index (χ1) is 14.3. The van der Waals surface area contributed by atoms with E-state index in [1.54, 1.807) is 23.7 Å². The lowest BCUT2D eigenvalue weighted by Gasteiger charge is -2.13. The van der Waals surface area contributed by atoms with Crippen molar-refractivity contribution in [3.05, 3.63) is 87.6 Å². The van der Waals surface area contributed by atoms with Crippen LogP contribution in [-0.2, 0) is 11.3 Å². The van der Waals surface area contributed by atoms with Gasteiger partial charge in [-0.1, -0.05) is 24.3 Å². The topological polar surface area (TPSA) is 68.9 Å². The van der Waals surface area contributed by atoms with Gasteiger partial charge in [-0.25, -0.2) is 9.07 Å². The maximum atomic E-state index is 13.8. The number of benzene rings is 2. The van der Waals surface area contributed by atoms with Crippen LogP contribution in [0, 0.1) is 26.6 Å². The van der Waals surface area contributed by atoms with Gasteiger partial charge in [0.25, 0.3) is 5.56 Å². The van der Waals surface area contributed by atoms with Crippen LogP contribution >= 0.6 is 0 Å². The second-order valence-electron chi connectivity index (χ2n) is 7.30. The molecule has 0 aliphatic carbocycles. The molecule has 4 rings (SSSR count). The normalized spacial score (nSPS) is 11.1. The number of hydrogen-bond donors (Lipinski definition) is 1. The Morgan fingerprint density at radius 1 is 1.03 bits per heavy atom. The maximum Gasteiger partial charge on any atom is 0.252 e. The molecule has 2 aromatic heterocycles. The molecule has 30 heavy (non-hydrogen) atoms. The Kier molecular flexibility index (Phi) is 4.95. The highest BCUT2D eigenvalue weighted by Crippen LogP contribution is 2.24. The van der Waals surface area contributed by atoms with Crippen LogP contribution in [0.5, 0.6) is 0 Å².